The van der Waals surface area contributed by atoms with Crippen molar-refractivity contribution in [2.75, 3.05) is 12.3 Å². The zero-order chi connectivity index (χ0) is 15.5. The van der Waals surface area contributed by atoms with Gasteiger partial charge in [0.25, 0.3) is 5.91 Å². The molecule has 1 fully saturated rings. The number of rotatable bonds is 4. The fourth-order valence-electron chi connectivity index (χ4n) is 2.89. The highest BCUT2D eigenvalue weighted by Gasteiger charge is 2.32. The highest BCUT2D eigenvalue weighted by atomic mass is 79.9. The van der Waals surface area contributed by atoms with E-state index >= 15 is 0 Å². The molecule has 1 saturated carbocycles. The van der Waals surface area contributed by atoms with E-state index in [4.69, 9.17) is 5.73 Å². The summed E-state index contributed by atoms with van der Waals surface area (Å²) < 4.78 is 0.773. The first-order chi connectivity index (χ1) is 9.92. The smallest absolute Gasteiger partial charge is 0.251 e. The van der Waals surface area contributed by atoms with E-state index in [2.05, 4.69) is 28.2 Å². The minimum absolute atomic E-state index is 0.200. The molecule has 21 heavy (non-hydrogen) atoms. The minimum Gasteiger partial charge on any atom is -0.399 e. The fourth-order valence-corrected chi connectivity index (χ4v) is 3.40. The summed E-state index contributed by atoms with van der Waals surface area (Å²) in [5, 5.41) is 13.4. The Morgan fingerprint density at radius 3 is 2.67 bits per heavy atom. The molecule has 1 aliphatic carbocycles. The molecule has 1 amide bonds. The number of hydrogen-bond donors (Lipinski definition) is 3. The zero-order valence-electron chi connectivity index (χ0n) is 12.4. The lowest BCUT2D eigenvalue weighted by Crippen LogP contribution is -2.45. The lowest BCUT2D eigenvalue weighted by molar-refractivity contribution is -0.00786. The van der Waals surface area contributed by atoms with Gasteiger partial charge in [0.1, 0.15) is 0 Å². The van der Waals surface area contributed by atoms with Crippen LogP contribution in [0.25, 0.3) is 0 Å². The number of nitrogens with two attached hydrogens (primary N) is 1. The molecule has 4 nitrogen and oxygen atoms in total. The van der Waals surface area contributed by atoms with E-state index in [1.807, 2.05) is 0 Å². The van der Waals surface area contributed by atoms with Gasteiger partial charge in [-0.15, -0.1) is 0 Å². The molecule has 0 radical (unpaired) electrons. The first-order valence-electron chi connectivity index (χ1n) is 7.48. The second kappa shape index (κ2) is 6.79. The molecule has 1 aromatic carbocycles. The van der Waals surface area contributed by atoms with Crippen molar-refractivity contribution in [1.82, 2.24) is 5.32 Å². The molecule has 0 aromatic heterocycles. The number of nitrogens with one attached hydrogen (secondary N) is 1. The summed E-state index contributed by atoms with van der Waals surface area (Å²) in [7, 11) is 0. The summed E-state index contributed by atoms with van der Waals surface area (Å²) in [6, 6.07) is 5.11. The van der Waals surface area contributed by atoms with Crippen LogP contribution in [0.4, 0.5) is 5.69 Å². The number of carbonyl (C=O) groups excluding carboxylic acids is 1. The summed E-state index contributed by atoms with van der Waals surface area (Å²) >= 11 is 3.32. The summed E-state index contributed by atoms with van der Waals surface area (Å²) in [5.74, 6) is 0.514. The third-order valence-corrected chi connectivity index (χ3v) is 4.83. The monoisotopic (exact) mass is 354 g/mol. The number of carbonyl (C=O) groups is 1. The quantitative estimate of drug-likeness (QED) is 0.727. The van der Waals surface area contributed by atoms with Crippen molar-refractivity contribution in [3.63, 3.8) is 0 Å². The molecular formula is C16H23BrN2O2. The van der Waals surface area contributed by atoms with E-state index in [0.717, 1.165) is 30.2 Å². The number of anilines is 1. The molecule has 0 atom stereocenters. The molecule has 0 bridgehead atoms. The van der Waals surface area contributed by atoms with Crippen molar-refractivity contribution in [2.45, 2.75) is 44.6 Å². The van der Waals surface area contributed by atoms with Gasteiger partial charge in [-0.2, -0.15) is 0 Å². The van der Waals surface area contributed by atoms with Crippen molar-refractivity contribution in [2.24, 2.45) is 5.92 Å². The van der Waals surface area contributed by atoms with Crippen molar-refractivity contribution in [3.8, 4) is 0 Å². The molecule has 0 spiro atoms. The van der Waals surface area contributed by atoms with Gasteiger partial charge in [0.05, 0.1) is 5.60 Å². The highest BCUT2D eigenvalue weighted by molar-refractivity contribution is 9.10. The normalized spacial score (nSPS) is 25.6. The van der Waals surface area contributed by atoms with Crippen LogP contribution in [0.3, 0.4) is 0 Å². The van der Waals surface area contributed by atoms with Gasteiger partial charge in [0.15, 0.2) is 0 Å². The third-order valence-electron chi connectivity index (χ3n) is 4.37. The van der Waals surface area contributed by atoms with Crippen molar-refractivity contribution in [1.29, 1.82) is 0 Å². The molecule has 1 aromatic rings. The summed E-state index contributed by atoms with van der Waals surface area (Å²) in [6.07, 6.45) is 4.75. The van der Waals surface area contributed by atoms with E-state index in [1.165, 1.54) is 6.42 Å². The van der Waals surface area contributed by atoms with Crippen LogP contribution < -0.4 is 11.1 Å². The molecule has 5 heteroatoms. The average molecular weight is 355 g/mol. The van der Waals surface area contributed by atoms with Crippen molar-refractivity contribution >= 4 is 27.5 Å². The largest absolute Gasteiger partial charge is 0.399 e. The first kappa shape index (κ1) is 16.3. The number of halogens is 1. The Bertz CT molecular complexity index is 491. The minimum atomic E-state index is -0.765. The second-order valence-electron chi connectivity index (χ2n) is 6.03. The maximum absolute atomic E-state index is 12.2. The maximum atomic E-state index is 12.2. The van der Waals surface area contributed by atoms with Crippen LogP contribution in [0, 0.1) is 5.92 Å². The second-order valence-corrected chi connectivity index (χ2v) is 6.95. The number of amides is 1. The van der Waals surface area contributed by atoms with Gasteiger partial charge in [-0.3, -0.25) is 4.79 Å². The van der Waals surface area contributed by atoms with E-state index < -0.39 is 5.60 Å². The van der Waals surface area contributed by atoms with Crippen LogP contribution in [0.1, 0.15) is 49.4 Å². The lowest BCUT2D eigenvalue weighted by Gasteiger charge is -2.35. The van der Waals surface area contributed by atoms with Gasteiger partial charge in [-0.05, 0) is 49.8 Å². The number of hydrogen-bond acceptors (Lipinski definition) is 3. The topological polar surface area (TPSA) is 75.3 Å². The van der Waals surface area contributed by atoms with Gasteiger partial charge in [-0.1, -0.05) is 29.3 Å². The third kappa shape index (κ3) is 4.45. The van der Waals surface area contributed by atoms with Crippen LogP contribution >= 0.6 is 15.9 Å². The number of benzene rings is 1. The summed E-state index contributed by atoms with van der Waals surface area (Å²) in [5.41, 5.74) is 6.01. The van der Waals surface area contributed by atoms with E-state index in [-0.39, 0.29) is 5.91 Å². The average Bonchev–Trinajstić information content (AvgIpc) is 2.45. The molecule has 0 heterocycles. The number of aliphatic hydroxyl groups is 1. The fraction of sp³-hybridized carbons (Fsp3) is 0.562. The van der Waals surface area contributed by atoms with Gasteiger partial charge in [-0.25, -0.2) is 0 Å². The van der Waals surface area contributed by atoms with E-state index in [0.29, 0.717) is 23.7 Å². The van der Waals surface area contributed by atoms with Crippen LogP contribution in [0.2, 0.25) is 0 Å². The number of nitrogen functional groups attached to an aromatic ring is 1. The van der Waals surface area contributed by atoms with E-state index in [1.54, 1.807) is 18.2 Å². The Balaban J connectivity index is 1.92. The molecular weight excluding hydrogens is 332 g/mol. The summed E-state index contributed by atoms with van der Waals surface area (Å²) in [6.45, 7) is 2.49. The molecule has 116 valence electrons. The molecule has 0 aliphatic heterocycles. The highest BCUT2D eigenvalue weighted by Crippen LogP contribution is 2.33. The Labute approximate surface area is 134 Å². The van der Waals surface area contributed by atoms with Crippen molar-refractivity contribution < 1.29 is 9.90 Å². The molecule has 0 unspecified atom stereocenters. The van der Waals surface area contributed by atoms with Gasteiger partial charge in [0, 0.05) is 22.3 Å². The van der Waals surface area contributed by atoms with Gasteiger partial charge >= 0.3 is 0 Å². The van der Waals surface area contributed by atoms with Crippen LogP contribution in [-0.4, -0.2) is 23.2 Å². The Kier molecular flexibility index (Phi) is 5.27. The van der Waals surface area contributed by atoms with Crippen LogP contribution in [0.15, 0.2) is 22.7 Å². The predicted octanol–water partition coefficient (Wildman–Crippen LogP) is 3.09. The molecule has 2 rings (SSSR count). The van der Waals surface area contributed by atoms with E-state index in [9.17, 15) is 9.90 Å². The molecule has 0 saturated heterocycles. The summed E-state index contributed by atoms with van der Waals surface area (Å²) in [4.78, 5) is 12.2. The standard InChI is InChI=1S/C16H23BrN2O2/c1-2-11-3-5-16(21,6-4-11)10-19-15(20)12-7-13(17)9-14(18)8-12/h7-9,11,21H,2-6,10,18H2,1H3,(H,19,20). The Morgan fingerprint density at radius 1 is 1.43 bits per heavy atom. The van der Waals surface area contributed by atoms with Crippen LogP contribution in [0.5, 0.6) is 0 Å². The van der Waals surface area contributed by atoms with Crippen molar-refractivity contribution in [3.05, 3.63) is 28.2 Å². The molecule has 1 aliphatic rings. The van der Waals surface area contributed by atoms with Gasteiger partial charge in [0.2, 0.25) is 0 Å². The SMILES string of the molecule is CCC1CCC(O)(CNC(=O)c2cc(N)cc(Br)c2)CC1. The zero-order valence-corrected chi connectivity index (χ0v) is 13.9. The Hall–Kier alpha value is -1.07. The van der Waals surface area contributed by atoms with Crippen LogP contribution in [-0.2, 0) is 0 Å². The lowest BCUT2D eigenvalue weighted by atomic mass is 9.78. The first-order valence-corrected chi connectivity index (χ1v) is 8.28. The Morgan fingerprint density at radius 2 is 2.10 bits per heavy atom. The maximum Gasteiger partial charge on any atom is 0.251 e. The predicted molar refractivity (Wildman–Crippen MR) is 88.1 cm³/mol. The van der Waals surface area contributed by atoms with Gasteiger partial charge < -0.3 is 16.2 Å². The molecule has 4 N–H and O–H groups in total.